The van der Waals surface area contributed by atoms with E-state index in [9.17, 15) is 5.11 Å². The van der Waals surface area contributed by atoms with Crippen LogP contribution in [0.25, 0.3) is 0 Å². The molecule has 0 aliphatic carbocycles. The zero-order valence-electron chi connectivity index (χ0n) is 7.47. The van der Waals surface area contributed by atoms with Crippen LogP contribution in [0.15, 0.2) is 0 Å². The van der Waals surface area contributed by atoms with E-state index >= 15 is 0 Å². The molecule has 0 rings (SSSR count). The molecule has 0 bridgehead atoms. The molecule has 0 fully saturated rings. The maximum absolute atomic E-state index is 9.28. The predicted molar refractivity (Wildman–Crippen MR) is 45.2 cm³/mol. The van der Waals surface area contributed by atoms with Crippen molar-refractivity contribution in [2.75, 3.05) is 13.2 Å². The Hall–Kier alpha value is -0.120. The Morgan fingerprint density at radius 2 is 2.09 bits per heavy atom. The summed E-state index contributed by atoms with van der Waals surface area (Å²) < 4.78 is 5.15. The van der Waals surface area contributed by atoms with Gasteiger partial charge in [-0.1, -0.05) is 20.3 Å². The van der Waals surface area contributed by atoms with Crippen LogP contribution in [0.4, 0.5) is 0 Å². The van der Waals surface area contributed by atoms with E-state index in [4.69, 9.17) is 10.5 Å². The lowest BCUT2D eigenvalue weighted by atomic mass is 10.2. The number of unbranched alkanes of at least 4 members (excludes halogenated alkanes) is 1. The van der Waals surface area contributed by atoms with Gasteiger partial charge in [0, 0.05) is 6.61 Å². The first-order valence-electron chi connectivity index (χ1n) is 4.21. The molecule has 0 spiro atoms. The molecule has 3 nitrogen and oxygen atoms in total. The van der Waals surface area contributed by atoms with Gasteiger partial charge in [0.15, 0.2) is 0 Å². The molecule has 0 aromatic carbocycles. The van der Waals surface area contributed by atoms with E-state index in [-0.39, 0.29) is 6.61 Å². The Kier molecular flexibility index (Phi) is 5.46. The van der Waals surface area contributed by atoms with E-state index in [1.807, 2.05) is 6.92 Å². The van der Waals surface area contributed by atoms with E-state index in [0.717, 1.165) is 12.8 Å². The smallest absolute Gasteiger partial charge is 0.136 e. The van der Waals surface area contributed by atoms with Gasteiger partial charge in [-0.25, -0.2) is 0 Å². The van der Waals surface area contributed by atoms with Crippen LogP contribution >= 0.6 is 0 Å². The molecule has 0 radical (unpaired) electrons. The van der Waals surface area contributed by atoms with Crippen molar-refractivity contribution >= 4 is 0 Å². The summed E-state index contributed by atoms with van der Waals surface area (Å²) in [6.07, 6.45) is 2.66. The van der Waals surface area contributed by atoms with Crippen LogP contribution in [-0.2, 0) is 4.74 Å². The third kappa shape index (κ3) is 6.28. The van der Waals surface area contributed by atoms with E-state index in [1.165, 1.54) is 0 Å². The second kappa shape index (κ2) is 5.52. The standard InChI is InChI=1S/C8H19NO2/c1-3-5-6-11-7-8(9,10)4-2/h10H,3-7,9H2,1-2H3. The van der Waals surface area contributed by atoms with E-state index in [0.29, 0.717) is 13.0 Å². The van der Waals surface area contributed by atoms with Gasteiger partial charge >= 0.3 is 0 Å². The van der Waals surface area contributed by atoms with Crippen LogP contribution < -0.4 is 5.73 Å². The molecular weight excluding hydrogens is 142 g/mol. The Morgan fingerprint density at radius 3 is 2.55 bits per heavy atom. The maximum atomic E-state index is 9.28. The molecule has 0 aliphatic heterocycles. The third-order valence-corrected chi connectivity index (χ3v) is 1.61. The van der Waals surface area contributed by atoms with Gasteiger partial charge in [-0.2, -0.15) is 0 Å². The lowest BCUT2D eigenvalue weighted by Crippen LogP contribution is -2.43. The molecule has 0 saturated carbocycles. The monoisotopic (exact) mass is 161 g/mol. The van der Waals surface area contributed by atoms with Gasteiger partial charge in [-0.15, -0.1) is 0 Å². The van der Waals surface area contributed by atoms with Gasteiger partial charge in [0.25, 0.3) is 0 Å². The fourth-order valence-electron chi connectivity index (χ4n) is 0.597. The van der Waals surface area contributed by atoms with Crippen molar-refractivity contribution in [3.8, 4) is 0 Å². The van der Waals surface area contributed by atoms with Crippen molar-refractivity contribution in [3.05, 3.63) is 0 Å². The quantitative estimate of drug-likeness (QED) is 0.449. The molecule has 0 aromatic heterocycles. The SMILES string of the molecule is CCCCOCC(N)(O)CC. The minimum Gasteiger partial charge on any atom is -0.377 e. The summed E-state index contributed by atoms with van der Waals surface area (Å²) in [5, 5.41) is 9.28. The van der Waals surface area contributed by atoms with Crippen molar-refractivity contribution in [1.29, 1.82) is 0 Å². The zero-order valence-corrected chi connectivity index (χ0v) is 7.47. The topological polar surface area (TPSA) is 55.5 Å². The zero-order chi connectivity index (χ0) is 8.74. The van der Waals surface area contributed by atoms with Crippen molar-refractivity contribution in [1.82, 2.24) is 0 Å². The average molecular weight is 161 g/mol. The maximum Gasteiger partial charge on any atom is 0.136 e. The van der Waals surface area contributed by atoms with Gasteiger partial charge < -0.3 is 15.6 Å². The summed E-state index contributed by atoms with van der Waals surface area (Å²) >= 11 is 0. The number of hydrogen-bond acceptors (Lipinski definition) is 3. The lowest BCUT2D eigenvalue weighted by molar-refractivity contribution is -0.0449. The minimum absolute atomic E-state index is 0.240. The number of ether oxygens (including phenoxy) is 1. The second-order valence-electron chi connectivity index (χ2n) is 2.86. The van der Waals surface area contributed by atoms with Crippen LogP contribution in [0.2, 0.25) is 0 Å². The van der Waals surface area contributed by atoms with Crippen LogP contribution in [-0.4, -0.2) is 24.0 Å². The molecule has 1 unspecified atom stereocenters. The average Bonchev–Trinajstić information content (AvgIpc) is 1.99. The summed E-state index contributed by atoms with van der Waals surface area (Å²) in [4.78, 5) is 0. The number of aliphatic hydroxyl groups is 1. The number of rotatable bonds is 6. The third-order valence-electron chi connectivity index (χ3n) is 1.61. The lowest BCUT2D eigenvalue weighted by Gasteiger charge is -2.20. The molecule has 0 aliphatic rings. The van der Waals surface area contributed by atoms with Gasteiger partial charge in [-0.05, 0) is 12.8 Å². The molecule has 3 heteroatoms. The molecular formula is C8H19NO2. The fraction of sp³-hybridized carbons (Fsp3) is 1.00. The van der Waals surface area contributed by atoms with E-state index in [2.05, 4.69) is 6.92 Å². The Morgan fingerprint density at radius 1 is 1.45 bits per heavy atom. The van der Waals surface area contributed by atoms with Crippen molar-refractivity contribution in [2.45, 2.75) is 38.8 Å². The second-order valence-corrected chi connectivity index (χ2v) is 2.86. The van der Waals surface area contributed by atoms with Crippen molar-refractivity contribution in [3.63, 3.8) is 0 Å². The highest BCUT2D eigenvalue weighted by molar-refractivity contribution is 4.66. The molecule has 0 aromatic rings. The summed E-state index contributed by atoms with van der Waals surface area (Å²) in [6.45, 7) is 4.86. The number of nitrogens with two attached hydrogens (primary N) is 1. The Balaban J connectivity index is 3.23. The largest absolute Gasteiger partial charge is 0.377 e. The minimum atomic E-state index is -1.13. The highest BCUT2D eigenvalue weighted by atomic mass is 16.5. The summed E-state index contributed by atoms with van der Waals surface area (Å²) in [5.41, 5.74) is 4.30. The van der Waals surface area contributed by atoms with Gasteiger partial charge in [-0.3, -0.25) is 0 Å². The molecule has 0 heterocycles. The first-order valence-corrected chi connectivity index (χ1v) is 4.21. The Labute approximate surface area is 68.5 Å². The molecule has 0 saturated heterocycles. The molecule has 3 N–H and O–H groups in total. The molecule has 1 atom stereocenters. The first-order chi connectivity index (χ1) is 5.12. The summed E-state index contributed by atoms with van der Waals surface area (Å²) in [5.74, 6) is 0. The summed E-state index contributed by atoms with van der Waals surface area (Å²) in [6, 6.07) is 0. The van der Waals surface area contributed by atoms with Crippen LogP contribution in [0, 0.1) is 0 Å². The Bertz CT molecular complexity index is 94.1. The fourth-order valence-corrected chi connectivity index (χ4v) is 0.597. The highest BCUT2D eigenvalue weighted by Crippen LogP contribution is 2.01. The molecule has 11 heavy (non-hydrogen) atoms. The van der Waals surface area contributed by atoms with Gasteiger partial charge in [0.1, 0.15) is 5.72 Å². The molecule has 0 amide bonds. The van der Waals surface area contributed by atoms with Crippen LogP contribution in [0.5, 0.6) is 0 Å². The normalized spacial score (nSPS) is 16.4. The molecule has 68 valence electrons. The first kappa shape index (κ1) is 10.9. The predicted octanol–water partition coefficient (Wildman–Crippen LogP) is 0.860. The van der Waals surface area contributed by atoms with Crippen LogP contribution in [0.1, 0.15) is 33.1 Å². The van der Waals surface area contributed by atoms with E-state index < -0.39 is 5.72 Å². The van der Waals surface area contributed by atoms with Crippen molar-refractivity contribution < 1.29 is 9.84 Å². The number of hydrogen-bond donors (Lipinski definition) is 2. The van der Waals surface area contributed by atoms with Crippen molar-refractivity contribution in [2.24, 2.45) is 5.73 Å². The van der Waals surface area contributed by atoms with Gasteiger partial charge in [0.2, 0.25) is 0 Å². The van der Waals surface area contributed by atoms with E-state index in [1.54, 1.807) is 0 Å². The summed E-state index contributed by atoms with van der Waals surface area (Å²) in [7, 11) is 0. The van der Waals surface area contributed by atoms with Crippen LogP contribution in [0.3, 0.4) is 0 Å². The van der Waals surface area contributed by atoms with Gasteiger partial charge in [0.05, 0.1) is 6.61 Å². The highest BCUT2D eigenvalue weighted by Gasteiger charge is 2.17.